The lowest BCUT2D eigenvalue weighted by molar-refractivity contribution is 0.236. The Hall–Kier alpha value is -0.520. The summed E-state index contributed by atoms with van der Waals surface area (Å²) in [5, 5.41) is 0. The molecule has 1 fully saturated rings. The van der Waals surface area contributed by atoms with Gasteiger partial charge in [-0.2, -0.15) is 0 Å². The Balaban J connectivity index is 2.52. The number of hydrogen-bond acceptors (Lipinski definition) is 0. The molecule has 0 nitrogen and oxygen atoms in total. The van der Waals surface area contributed by atoms with Crippen LogP contribution in [-0.2, 0) is 0 Å². The lowest BCUT2D eigenvalue weighted by Crippen LogP contribution is -2.21. The zero-order valence-electron chi connectivity index (χ0n) is 8.13. The Morgan fingerprint density at radius 2 is 2.00 bits per heavy atom. The van der Waals surface area contributed by atoms with Crippen LogP contribution in [0.1, 0.15) is 32.6 Å². The van der Waals surface area contributed by atoms with Gasteiger partial charge in [0, 0.05) is 0 Å². The fourth-order valence-electron chi connectivity index (χ4n) is 2.32. The van der Waals surface area contributed by atoms with Crippen molar-refractivity contribution in [3.63, 3.8) is 0 Å². The Labute approximate surface area is 76.4 Å². The van der Waals surface area contributed by atoms with Gasteiger partial charge in [-0.3, -0.25) is 0 Å². The first-order valence-corrected chi connectivity index (χ1v) is 5.06. The van der Waals surface area contributed by atoms with E-state index < -0.39 is 0 Å². The van der Waals surface area contributed by atoms with Gasteiger partial charge in [0.15, 0.2) is 0 Å². The number of allylic oxidation sites excluding steroid dienone is 2. The molecule has 0 aromatic heterocycles. The molecule has 1 aliphatic carbocycles. The molecule has 0 heteroatoms. The zero-order chi connectivity index (χ0) is 8.97. The van der Waals surface area contributed by atoms with Crippen molar-refractivity contribution in [3.8, 4) is 0 Å². The average Bonchev–Trinajstić information content (AvgIpc) is 2.16. The summed E-state index contributed by atoms with van der Waals surface area (Å²) in [5.74, 6) is 2.40. The highest BCUT2D eigenvalue weighted by Gasteiger charge is 2.25. The highest BCUT2D eigenvalue weighted by atomic mass is 14.3. The van der Waals surface area contributed by atoms with Crippen molar-refractivity contribution in [2.45, 2.75) is 32.6 Å². The molecular formula is C12H20. The third-order valence-corrected chi connectivity index (χ3v) is 3.24. The second kappa shape index (κ2) is 4.49. The lowest BCUT2D eigenvalue weighted by Gasteiger charge is -2.32. The quantitative estimate of drug-likeness (QED) is 0.556. The average molecular weight is 164 g/mol. The van der Waals surface area contributed by atoms with Crippen molar-refractivity contribution < 1.29 is 0 Å². The SMILES string of the molecule is C=CC1CCC(C=C)C(CC)C1. The third kappa shape index (κ3) is 2.00. The van der Waals surface area contributed by atoms with Crippen LogP contribution in [0.3, 0.4) is 0 Å². The molecule has 3 atom stereocenters. The van der Waals surface area contributed by atoms with Gasteiger partial charge in [-0.15, -0.1) is 13.2 Å². The van der Waals surface area contributed by atoms with Crippen molar-refractivity contribution in [1.82, 2.24) is 0 Å². The topological polar surface area (TPSA) is 0 Å². The Morgan fingerprint density at radius 3 is 2.50 bits per heavy atom. The third-order valence-electron chi connectivity index (χ3n) is 3.24. The monoisotopic (exact) mass is 164 g/mol. The highest BCUT2D eigenvalue weighted by Crippen LogP contribution is 2.36. The summed E-state index contributed by atoms with van der Waals surface area (Å²) >= 11 is 0. The van der Waals surface area contributed by atoms with E-state index in [-0.39, 0.29) is 0 Å². The van der Waals surface area contributed by atoms with E-state index in [1.54, 1.807) is 0 Å². The van der Waals surface area contributed by atoms with Crippen LogP contribution >= 0.6 is 0 Å². The van der Waals surface area contributed by atoms with E-state index in [0.717, 1.165) is 17.8 Å². The first kappa shape index (κ1) is 9.57. The van der Waals surface area contributed by atoms with E-state index in [0.29, 0.717) is 0 Å². The predicted molar refractivity (Wildman–Crippen MR) is 55.0 cm³/mol. The van der Waals surface area contributed by atoms with E-state index in [9.17, 15) is 0 Å². The van der Waals surface area contributed by atoms with Gasteiger partial charge in [0.05, 0.1) is 0 Å². The molecular weight excluding hydrogens is 144 g/mol. The first-order valence-electron chi connectivity index (χ1n) is 5.06. The largest absolute Gasteiger partial charge is 0.103 e. The van der Waals surface area contributed by atoms with E-state index >= 15 is 0 Å². The minimum atomic E-state index is 0.770. The molecule has 0 N–H and O–H groups in total. The molecule has 0 heterocycles. The Morgan fingerprint density at radius 1 is 1.25 bits per heavy atom. The summed E-state index contributed by atoms with van der Waals surface area (Å²) < 4.78 is 0. The first-order chi connectivity index (χ1) is 5.81. The molecule has 3 unspecified atom stereocenters. The second-order valence-corrected chi connectivity index (χ2v) is 3.88. The van der Waals surface area contributed by atoms with Gasteiger partial charge in [-0.1, -0.05) is 25.5 Å². The van der Waals surface area contributed by atoms with Crippen molar-refractivity contribution in [2.75, 3.05) is 0 Å². The van der Waals surface area contributed by atoms with Gasteiger partial charge in [0.25, 0.3) is 0 Å². The predicted octanol–water partition coefficient (Wildman–Crippen LogP) is 3.80. The maximum atomic E-state index is 3.91. The minimum absolute atomic E-state index is 0.770. The second-order valence-electron chi connectivity index (χ2n) is 3.88. The number of hydrogen-bond donors (Lipinski definition) is 0. The van der Waals surface area contributed by atoms with Crippen LogP contribution in [0.5, 0.6) is 0 Å². The maximum Gasteiger partial charge on any atom is -0.0207 e. The molecule has 0 aromatic carbocycles. The lowest BCUT2D eigenvalue weighted by atomic mass is 9.73. The zero-order valence-corrected chi connectivity index (χ0v) is 8.13. The van der Waals surface area contributed by atoms with Crippen LogP contribution in [0, 0.1) is 17.8 Å². The molecule has 1 saturated carbocycles. The molecule has 68 valence electrons. The molecule has 0 radical (unpaired) electrons. The van der Waals surface area contributed by atoms with Crippen LogP contribution in [0.4, 0.5) is 0 Å². The fraction of sp³-hybridized carbons (Fsp3) is 0.667. The summed E-state index contributed by atoms with van der Waals surface area (Å²) in [6.45, 7) is 10.1. The minimum Gasteiger partial charge on any atom is -0.103 e. The number of rotatable bonds is 3. The van der Waals surface area contributed by atoms with Crippen molar-refractivity contribution in [3.05, 3.63) is 25.3 Å². The molecule has 1 aliphatic rings. The van der Waals surface area contributed by atoms with Crippen molar-refractivity contribution in [1.29, 1.82) is 0 Å². The molecule has 0 saturated heterocycles. The molecule has 0 aliphatic heterocycles. The van der Waals surface area contributed by atoms with Crippen LogP contribution in [-0.4, -0.2) is 0 Å². The van der Waals surface area contributed by atoms with Gasteiger partial charge in [-0.25, -0.2) is 0 Å². The molecule has 0 spiro atoms. The van der Waals surface area contributed by atoms with E-state index in [1.807, 2.05) is 0 Å². The van der Waals surface area contributed by atoms with Crippen molar-refractivity contribution in [2.24, 2.45) is 17.8 Å². The fourth-order valence-corrected chi connectivity index (χ4v) is 2.32. The summed E-state index contributed by atoms with van der Waals surface area (Å²) in [7, 11) is 0. The van der Waals surface area contributed by atoms with Gasteiger partial charge >= 0.3 is 0 Å². The molecule has 0 aromatic rings. The molecule has 1 rings (SSSR count). The summed E-state index contributed by atoms with van der Waals surface area (Å²) in [5.41, 5.74) is 0. The molecule has 0 bridgehead atoms. The van der Waals surface area contributed by atoms with Gasteiger partial charge in [0.1, 0.15) is 0 Å². The normalized spacial score (nSPS) is 35.9. The van der Waals surface area contributed by atoms with Crippen molar-refractivity contribution >= 4 is 0 Å². The van der Waals surface area contributed by atoms with Gasteiger partial charge < -0.3 is 0 Å². The van der Waals surface area contributed by atoms with E-state index in [1.165, 1.54) is 25.7 Å². The highest BCUT2D eigenvalue weighted by molar-refractivity contribution is 4.93. The van der Waals surface area contributed by atoms with Gasteiger partial charge in [-0.05, 0) is 37.0 Å². The van der Waals surface area contributed by atoms with Crippen LogP contribution < -0.4 is 0 Å². The smallest absolute Gasteiger partial charge is 0.0207 e. The van der Waals surface area contributed by atoms with Crippen LogP contribution in [0.15, 0.2) is 25.3 Å². The summed E-state index contributed by atoms with van der Waals surface area (Å²) in [6, 6.07) is 0. The van der Waals surface area contributed by atoms with E-state index in [2.05, 4.69) is 32.2 Å². The maximum absolute atomic E-state index is 3.91. The molecule has 0 amide bonds. The van der Waals surface area contributed by atoms with Gasteiger partial charge in [0.2, 0.25) is 0 Å². The molecule has 12 heavy (non-hydrogen) atoms. The standard InChI is InChI=1S/C12H20/c1-4-10-7-8-11(5-2)12(6-3)9-10/h4-5,10-12H,1-2,6-9H2,3H3. The summed E-state index contributed by atoms with van der Waals surface area (Å²) in [4.78, 5) is 0. The van der Waals surface area contributed by atoms with E-state index in [4.69, 9.17) is 0 Å². The van der Waals surface area contributed by atoms with Crippen LogP contribution in [0.2, 0.25) is 0 Å². The van der Waals surface area contributed by atoms with Crippen LogP contribution in [0.25, 0.3) is 0 Å². The summed E-state index contributed by atoms with van der Waals surface area (Å²) in [6.07, 6.45) is 9.53. The Kier molecular flexibility index (Phi) is 3.58. The Bertz CT molecular complexity index is 157.